The summed E-state index contributed by atoms with van der Waals surface area (Å²) in [5.41, 5.74) is 0.563. The molecule has 94 valence electrons. The monoisotopic (exact) mass is 280 g/mol. The standard InChI is InChI=1S/C13H13ClN2OS/c1-16(7-6-11-3-2-8-18-11)13(17)10-4-5-12(14)15-9-10/h2-5,8-9H,6-7H2,1H3. The first kappa shape index (κ1) is 13.1. The van der Waals surface area contributed by atoms with Crippen molar-refractivity contribution in [1.29, 1.82) is 0 Å². The minimum absolute atomic E-state index is 0.0317. The molecule has 0 aromatic carbocycles. The summed E-state index contributed by atoms with van der Waals surface area (Å²) in [4.78, 5) is 19.0. The van der Waals surface area contributed by atoms with E-state index in [1.807, 2.05) is 11.4 Å². The van der Waals surface area contributed by atoms with Crippen LogP contribution >= 0.6 is 22.9 Å². The molecule has 0 radical (unpaired) electrons. The van der Waals surface area contributed by atoms with E-state index in [1.54, 1.807) is 35.4 Å². The number of hydrogen-bond acceptors (Lipinski definition) is 3. The zero-order chi connectivity index (χ0) is 13.0. The second-order valence-corrected chi connectivity index (χ2v) is 5.35. The number of carbonyl (C=O) groups is 1. The molecule has 0 fully saturated rings. The molecule has 0 saturated heterocycles. The molecule has 0 aliphatic carbocycles. The van der Waals surface area contributed by atoms with Gasteiger partial charge in [0.25, 0.3) is 5.91 Å². The normalized spacial score (nSPS) is 10.3. The zero-order valence-electron chi connectivity index (χ0n) is 9.97. The van der Waals surface area contributed by atoms with Gasteiger partial charge in [-0.05, 0) is 30.0 Å². The van der Waals surface area contributed by atoms with Crippen molar-refractivity contribution in [2.24, 2.45) is 0 Å². The Kier molecular flexibility index (Phi) is 4.33. The number of aromatic nitrogens is 1. The Labute approximate surface area is 115 Å². The van der Waals surface area contributed by atoms with Crippen LogP contribution in [0, 0.1) is 0 Å². The minimum atomic E-state index is -0.0317. The third-order valence-corrected chi connectivity index (χ3v) is 3.75. The van der Waals surface area contributed by atoms with Gasteiger partial charge < -0.3 is 4.90 Å². The van der Waals surface area contributed by atoms with Gasteiger partial charge >= 0.3 is 0 Å². The van der Waals surface area contributed by atoms with Crippen LogP contribution in [0.3, 0.4) is 0 Å². The van der Waals surface area contributed by atoms with Crippen molar-refractivity contribution < 1.29 is 4.79 Å². The zero-order valence-corrected chi connectivity index (χ0v) is 11.5. The van der Waals surface area contributed by atoms with E-state index in [4.69, 9.17) is 11.6 Å². The van der Waals surface area contributed by atoms with Crippen molar-refractivity contribution in [2.45, 2.75) is 6.42 Å². The summed E-state index contributed by atoms with van der Waals surface area (Å²) in [6.45, 7) is 0.696. The maximum absolute atomic E-state index is 12.1. The fraction of sp³-hybridized carbons (Fsp3) is 0.231. The third-order valence-electron chi connectivity index (χ3n) is 2.59. The summed E-state index contributed by atoms with van der Waals surface area (Å²) < 4.78 is 0. The number of pyridine rings is 1. The first-order valence-electron chi connectivity index (χ1n) is 5.56. The van der Waals surface area contributed by atoms with Crippen LogP contribution < -0.4 is 0 Å². The van der Waals surface area contributed by atoms with Crippen LogP contribution in [0.15, 0.2) is 35.8 Å². The van der Waals surface area contributed by atoms with Gasteiger partial charge in [0.05, 0.1) is 5.56 Å². The number of halogens is 1. The van der Waals surface area contributed by atoms with Crippen LogP contribution in [0.1, 0.15) is 15.2 Å². The summed E-state index contributed by atoms with van der Waals surface area (Å²) in [5.74, 6) is -0.0317. The van der Waals surface area contributed by atoms with E-state index >= 15 is 0 Å². The molecule has 0 N–H and O–H groups in total. The van der Waals surface area contributed by atoms with E-state index in [9.17, 15) is 4.79 Å². The van der Waals surface area contributed by atoms with Gasteiger partial charge in [0.2, 0.25) is 0 Å². The maximum atomic E-state index is 12.1. The number of hydrogen-bond donors (Lipinski definition) is 0. The summed E-state index contributed by atoms with van der Waals surface area (Å²) in [6.07, 6.45) is 2.38. The number of carbonyl (C=O) groups excluding carboxylic acids is 1. The van der Waals surface area contributed by atoms with Gasteiger partial charge in [-0.2, -0.15) is 0 Å². The lowest BCUT2D eigenvalue weighted by Crippen LogP contribution is -2.28. The molecule has 1 amide bonds. The highest BCUT2D eigenvalue weighted by atomic mass is 35.5. The smallest absolute Gasteiger partial charge is 0.255 e. The Bertz CT molecular complexity index is 510. The molecule has 3 nitrogen and oxygen atoms in total. The van der Waals surface area contributed by atoms with Gasteiger partial charge in [-0.3, -0.25) is 4.79 Å². The Morgan fingerprint density at radius 3 is 2.89 bits per heavy atom. The molecule has 2 rings (SSSR count). The first-order valence-corrected chi connectivity index (χ1v) is 6.82. The molecule has 0 aliphatic rings. The highest BCUT2D eigenvalue weighted by molar-refractivity contribution is 7.09. The van der Waals surface area contributed by atoms with Crippen molar-refractivity contribution in [3.8, 4) is 0 Å². The van der Waals surface area contributed by atoms with Gasteiger partial charge in [0.15, 0.2) is 0 Å². The van der Waals surface area contributed by atoms with E-state index < -0.39 is 0 Å². The van der Waals surface area contributed by atoms with Gasteiger partial charge in [-0.15, -0.1) is 11.3 Å². The van der Waals surface area contributed by atoms with Crippen LogP contribution in [0.2, 0.25) is 5.15 Å². The molecule has 0 atom stereocenters. The van der Waals surface area contributed by atoms with Crippen LogP contribution in [-0.4, -0.2) is 29.4 Å². The Morgan fingerprint density at radius 1 is 1.44 bits per heavy atom. The lowest BCUT2D eigenvalue weighted by atomic mass is 10.2. The maximum Gasteiger partial charge on any atom is 0.255 e. The average molecular weight is 281 g/mol. The molecule has 5 heteroatoms. The molecule has 18 heavy (non-hydrogen) atoms. The summed E-state index contributed by atoms with van der Waals surface area (Å²) >= 11 is 7.40. The second kappa shape index (κ2) is 5.98. The molecule has 0 bridgehead atoms. The predicted molar refractivity (Wildman–Crippen MR) is 74.2 cm³/mol. The highest BCUT2D eigenvalue weighted by Crippen LogP contribution is 2.11. The second-order valence-electron chi connectivity index (χ2n) is 3.93. The van der Waals surface area contributed by atoms with Crippen molar-refractivity contribution in [3.05, 3.63) is 51.4 Å². The summed E-state index contributed by atoms with van der Waals surface area (Å²) in [6, 6.07) is 7.42. The fourth-order valence-electron chi connectivity index (χ4n) is 1.56. The van der Waals surface area contributed by atoms with E-state index in [1.165, 1.54) is 11.1 Å². The molecule has 0 unspecified atom stereocenters. The predicted octanol–water partition coefficient (Wildman–Crippen LogP) is 3.11. The minimum Gasteiger partial charge on any atom is -0.341 e. The largest absolute Gasteiger partial charge is 0.341 e. The SMILES string of the molecule is CN(CCc1cccs1)C(=O)c1ccc(Cl)nc1. The Morgan fingerprint density at radius 2 is 2.28 bits per heavy atom. The summed E-state index contributed by atoms with van der Waals surface area (Å²) in [7, 11) is 1.80. The van der Waals surface area contributed by atoms with Crippen molar-refractivity contribution in [1.82, 2.24) is 9.88 Å². The molecular formula is C13H13ClN2OS. The number of rotatable bonds is 4. The van der Waals surface area contributed by atoms with Gasteiger partial charge in [0, 0.05) is 24.7 Å². The number of likely N-dealkylation sites (N-methyl/N-ethyl adjacent to an activating group) is 1. The fourth-order valence-corrected chi connectivity index (χ4v) is 2.37. The van der Waals surface area contributed by atoms with Crippen LogP contribution in [-0.2, 0) is 6.42 Å². The molecule has 2 aromatic heterocycles. The first-order chi connectivity index (χ1) is 8.66. The molecule has 2 heterocycles. The lowest BCUT2D eigenvalue weighted by molar-refractivity contribution is 0.0796. The van der Waals surface area contributed by atoms with Crippen molar-refractivity contribution in [3.63, 3.8) is 0 Å². The topological polar surface area (TPSA) is 33.2 Å². The van der Waals surface area contributed by atoms with Crippen molar-refractivity contribution >= 4 is 28.8 Å². The van der Waals surface area contributed by atoms with Crippen LogP contribution in [0.25, 0.3) is 0 Å². The highest BCUT2D eigenvalue weighted by Gasteiger charge is 2.11. The van der Waals surface area contributed by atoms with E-state index in [-0.39, 0.29) is 5.91 Å². The van der Waals surface area contributed by atoms with Gasteiger partial charge in [-0.25, -0.2) is 4.98 Å². The molecule has 2 aromatic rings. The lowest BCUT2D eigenvalue weighted by Gasteiger charge is -2.16. The molecule has 0 saturated carbocycles. The van der Waals surface area contributed by atoms with Crippen molar-refractivity contribution in [2.75, 3.05) is 13.6 Å². The number of amides is 1. The number of nitrogens with zero attached hydrogens (tertiary/aromatic N) is 2. The molecule has 0 spiro atoms. The quantitative estimate of drug-likeness (QED) is 0.806. The van der Waals surface area contributed by atoms with Gasteiger partial charge in [-0.1, -0.05) is 17.7 Å². The van der Waals surface area contributed by atoms with E-state index in [0.29, 0.717) is 17.3 Å². The van der Waals surface area contributed by atoms with Crippen LogP contribution in [0.4, 0.5) is 0 Å². The van der Waals surface area contributed by atoms with Gasteiger partial charge in [0.1, 0.15) is 5.15 Å². The van der Waals surface area contributed by atoms with E-state index in [0.717, 1.165) is 6.42 Å². The molecule has 0 aliphatic heterocycles. The Hall–Kier alpha value is -1.39. The van der Waals surface area contributed by atoms with E-state index in [2.05, 4.69) is 11.1 Å². The molecular weight excluding hydrogens is 268 g/mol. The summed E-state index contributed by atoms with van der Waals surface area (Å²) in [5, 5.41) is 2.44. The third kappa shape index (κ3) is 3.31. The van der Waals surface area contributed by atoms with Crippen LogP contribution in [0.5, 0.6) is 0 Å². The number of thiophene rings is 1. The Balaban J connectivity index is 1.94. The average Bonchev–Trinajstić information content (AvgIpc) is 2.89.